The molecule has 66 valence electrons. The zero-order valence-corrected chi connectivity index (χ0v) is 7.05. The molecule has 1 atom stereocenters. The van der Waals surface area contributed by atoms with Crippen molar-refractivity contribution in [1.29, 1.82) is 0 Å². The quantitative estimate of drug-likeness (QED) is 0.678. The summed E-state index contributed by atoms with van der Waals surface area (Å²) in [5.41, 5.74) is 11.1. The Balaban J connectivity index is 3.04. The Labute approximate surface area is 74.5 Å². The first kappa shape index (κ1) is 9.38. The Bertz CT molecular complexity index is 279. The predicted octanol–water partition coefficient (Wildman–Crippen LogP) is 0.833. The molecule has 0 aliphatic heterocycles. The molecule has 1 rings (SSSR count). The van der Waals surface area contributed by atoms with Gasteiger partial charge in [0.1, 0.15) is 11.0 Å². The molecule has 0 aliphatic carbocycles. The molecule has 1 aromatic rings. The van der Waals surface area contributed by atoms with E-state index in [2.05, 4.69) is 4.98 Å². The van der Waals surface area contributed by atoms with Crippen LogP contribution in [0.25, 0.3) is 0 Å². The molecular formula is C7H9ClFN3. The lowest BCUT2D eigenvalue weighted by atomic mass is 10.1. The van der Waals surface area contributed by atoms with Gasteiger partial charge in [-0.05, 0) is 6.07 Å². The molecule has 0 aromatic carbocycles. The molecule has 0 amide bonds. The van der Waals surface area contributed by atoms with E-state index in [1.54, 1.807) is 0 Å². The van der Waals surface area contributed by atoms with Crippen LogP contribution in [0.1, 0.15) is 11.6 Å². The van der Waals surface area contributed by atoms with Gasteiger partial charge in [-0.3, -0.25) is 0 Å². The molecule has 1 aromatic heterocycles. The summed E-state index contributed by atoms with van der Waals surface area (Å²) in [5.74, 6) is -0.475. The number of hydrogen-bond acceptors (Lipinski definition) is 3. The van der Waals surface area contributed by atoms with E-state index in [0.29, 0.717) is 5.56 Å². The average molecular weight is 190 g/mol. The monoisotopic (exact) mass is 189 g/mol. The average Bonchev–Trinajstić information content (AvgIpc) is 2.08. The topological polar surface area (TPSA) is 64.9 Å². The first-order chi connectivity index (χ1) is 5.65. The van der Waals surface area contributed by atoms with Crippen molar-refractivity contribution in [2.24, 2.45) is 11.5 Å². The van der Waals surface area contributed by atoms with E-state index in [4.69, 9.17) is 23.1 Å². The molecule has 1 heterocycles. The van der Waals surface area contributed by atoms with Gasteiger partial charge >= 0.3 is 0 Å². The molecule has 0 spiro atoms. The lowest BCUT2D eigenvalue weighted by Crippen LogP contribution is -2.22. The summed E-state index contributed by atoms with van der Waals surface area (Å²) in [6.45, 7) is 0.178. The summed E-state index contributed by atoms with van der Waals surface area (Å²) in [6.07, 6.45) is 1.03. The van der Waals surface area contributed by atoms with E-state index >= 15 is 0 Å². The molecule has 0 unspecified atom stereocenters. The third kappa shape index (κ3) is 1.91. The Kier molecular flexibility index (Phi) is 2.97. The van der Waals surface area contributed by atoms with Crippen molar-refractivity contribution < 1.29 is 4.39 Å². The number of aromatic nitrogens is 1. The van der Waals surface area contributed by atoms with Crippen LogP contribution in [0.5, 0.6) is 0 Å². The molecule has 0 radical (unpaired) electrons. The van der Waals surface area contributed by atoms with Crippen LogP contribution < -0.4 is 11.5 Å². The number of pyridine rings is 1. The van der Waals surface area contributed by atoms with Gasteiger partial charge in [-0.1, -0.05) is 11.6 Å². The zero-order chi connectivity index (χ0) is 9.14. The summed E-state index contributed by atoms with van der Waals surface area (Å²) in [5, 5.41) is 0.218. The number of hydrogen-bond donors (Lipinski definition) is 2. The summed E-state index contributed by atoms with van der Waals surface area (Å²) >= 11 is 5.54. The zero-order valence-electron chi connectivity index (χ0n) is 6.30. The fraction of sp³-hybridized carbons (Fsp3) is 0.286. The first-order valence-corrected chi connectivity index (χ1v) is 3.79. The molecule has 0 saturated heterocycles. The highest BCUT2D eigenvalue weighted by Crippen LogP contribution is 2.16. The van der Waals surface area contributed by atoms with E-state index in [-0.39, 0.29) is 11.7 Å². The predicted molar refractivity (Wildman–Crippen MR) is 45.2 cm³/mol. The Morgan fingerprint density at radius 3 is 2.92 bits per heavy atom. The largest absolute Gasteiger partial charge is 0.329 e. The smallest absolute Gasteiger partial charge is 0.146 e. The van der Waals surface area contributed by atoms with E-state index in [1.807, 2.05) is 0 Å². The second-order valence-electron chi connectivity index (χ2n) is 2.37. The Morgan fingerprint density at radius 2 is 2.33 bits per heavy atom. The number of rotatable bonds is 2. The molecule has 5 heteroatoms. The van der Waals surface area contributed by atoms with E-state index in [9.17, 15) is 4.39 Å². The lowest BCUT2D eigenvalue weighted by Gasteiger charge is -2.09. The molecule has 4 N–H and O–H groups in total. The third-order valence-electron chi connectivity index (χ3n) is 1.51. The van der Waals surface area contributed by atoms with Gasteiger partial charge in [0.25, 0.3) is 0 Å². The van der Waals surface area contributed by atoms with E-state index < -0.39 is 11.9 Å². The summed E-state index contributed by atoms with van der Waals surface area (Å²) in [7, 11) is 0. The maximum absolute atomic E-state index is 13.0. The minimum absolute atomic E-state index is 0.178. The molecule has 0 bridgehead atoms. The van der Waals surface area contributed by atoms with E-state index in [0.717, 1.165) is 6.20 Å². The van der Waals surface area contributed by atoms with Crippen LogP contribution in [0.3, 0.4) is 0 Å². The van der Waals surface area contributed by atoms with E-state index in [1.165, 1.54) is 6.07 Å². The normalized spacial score (nSPS) is 13.0. The van der Waals surface area contributed by atoms with Crippen molar-refractivity contribution in [3.8, 4) is 0 Å². The third-order valence-corrected chi connectivity index (χ3v) is 1.71. The van der Waals surface area contributed by atoms with Gasteiger partial charge < -0.3 is 11.5 Å². The van der Waals surface area contributed by atoms with Gasteiger partial charge in [0.05, 0.1) is 6.20 Å². The standard InChI is InChI=1S/C7H9ClFN3/c8-7-1-4(6(11)2-10)5(9)3-12-7/h1,3,6H,2,10-11H2/t6-/m1/s1. The van der Waals surface area contributed by atoms with Crippen molar-refractivity contribution in [1.82, 2.24) is 4.98 Å². The highest BCUT2D eigenvalue weighted by molar-refractivity contribution is 6.29. The van der Waals surface area contributed by atoms with Gasteiger partial charge in [0, 0.05) is 18.2 Å². The maximum Gasteiger partial charge on any atom is 0.146 e. The second-order valence-corrected chi connectivity index (χ2v) is 2.76. The highest BCUT2D eigenvalue weighted by Gasteiger charge is 2.10. The Hall–Kier alpha value is -0.710. The summed E-state index contributed by atoms with van der Waals surface area (Å²) in [4.78, 5) is 3.55. The summed E-state index contributed by atoms with van der Waals surface area (Å²) < 4.78 is 13.0. The SMILES string of the molecule is NC[C@@H](N)c1cc(Cl)ncc1F. The fourth-order valence-corrected chi connectivity index (χ4v) is 1.00. The highest BCUT2D eigenvalue weighted by atomic mass is 35.5. The van der Waals surface area contributed by atoms with Crippen molar-refractivity contribution >= 4 is 11.6 Å². The van der Waals surface area contributed by atoms with Crippen LogP contribution in [0.2, 0.25) is 5.15 Å². The molecule has 0 fully saturated rings. The minimum atomic E-state index is -0.523. The molecule has 12 heavy (non-hydrogen) atoms. The summed E-state index contributed by atoms with van der Waals surface area (Å²) in [6, 6.07) is 0.861. The van der Waals surface area contributed by atoms with Crippen LogP contribution in [0.15, 0.2) is 12.3 Å². The van der Waals surface area contributed by atoms with Crippen LogP contribution in [-0.2, 0) is 0 Å². The molecular weight excluding hydrogens is 181 g/mol. The molecule has 0 saturated carbocycles. The number of nitrogens with zero attached hydrogens (tertiary/aromatic N) is 1. The van der Waals surface area contributed by atoms with Gasteiger partial charge in [-0.15, -0.1) is 0 Å². The van der Waals surface area contributed by atoms with Gasteiger partial charge in [0.2, 0.25) is 0 Å². The van der Waals surface area contributed by atoms with Gasteiger partial charge in [0.15, 0.2) is 0 Å². The van der Waals surface area contributed by atoms with Crippen LogP contribution in [0, 0.1) is 5.82 Å². The van der Waals surface area contributed by atoms with Crippen LogP contribution >= 0.6 is 11.6 Å². The van der Waals surface area contributed by atoms with Crippen LogP contribution in [0.4, 0.5) is 4.39 Å². The Morgan fingerprint density at radius 1 is 1.67 bits per heavy atom. The van der Waals surface area contributed by atoms with Crippen molar-refractivity contribution in [3.63, 3.8) is 0 Å². The van der Waals surface area contributed by atoms with Crippen molar-refractivity contribution in [2.75, 3.05) is 6.54 Å². The maximum atomic E-state index is 13.0. The first-order valence-electron chi connectivity index (χ1n) is 3.41. The van der Waals surface area contributed by atoms with Crippen molar-refractivity contribution in [2.45, 2.75) is 6.04 Å². The fourth-order valence-electron chi connectivity index (χ4n) is 0.839. The minimum Gasteiger partial charge on any atom is -0.329 e. The second kappa shape index (κ2) is 3.80. The lowest BCUT2D eigenvalue weighted by molar-refractivity contribution is 0.578. The van der Waals surface area contributed by atoms with Gasteiger partial charge in [-0.2, -0.15) is 0 Å². The molecule has 3 nitrogen and oxygen atoms in total. The van der Waals surface area contributed by atoms with Crippen molar-refractivity contribution in [3.05, 3.63) is 28.8 Å². The molecule has 0 aliphatic rings. The van der Waals surface area contributed by atoms with Crippen LogP contribution in [-0.4, -0.2) is 11.5 Å². The van der Waals surface area contributed by atoms with Gasteiger partial charge in [-0.25, -0.2) is 9.37 Å². The number of nitrogens with two attached hydrogens (primary N) is 2. The number of halogens is 2.